The van der Waals surface area contributed by atoms with Gasteiger partial charge in [0.15, 0.2) is 0 Å². The number of benzene rings is 1. The lowest BCUT2D eigenvalue weighted by Gasteiger charge is -2.07. The second-order valence-electron chi connectivity index (χ2n) is 4.20. The summed E-state index contributed by atoms with van der Waals surface area (Å²) in [5, 5.41) is 19.7. The van der Waals surface area contributed by atoms with Gasteiger partial charge < -0.3 is 9.67 Å². The normalized spacial score (nSPS) is 10.4. The standard InChI is InChI=1S/C13H12N2O4/c1-9-6-7-14(12(9)13(16)17)8-10-2-4-11(5-3-10)15(18)19/h2-7H,8H2,1H3,(H,16,17). The number of hydrogen-bond acceptors (Lipinski definition) is 3. The van der Waals surface area contributed by atoms with Gasteiger partial charge in [0.2, 0.25) is 0 Å². The van der Waals surface area contributed by atoms with Crippen LogP contribution in [0.4, 0.5) is 5.69 Å². The zero-order valence-corrected chi connectivity index (χ0v) is 10.2. The first-order valence-electron chi connectivity index (χ1n) is 5.61. The third-order valence-electron chi connectivity index (χ3n) is 2.87. The lowest BCUT2D eigenvalue weighted by atomic mass is 10.2. The number of nitro groups is 1. The molecule has 2 aromatic rings. The van der Waals surface area contributed by atoms with Crippen LogP contribution in [0, 0.1) is 17.0 Å². The number of aromatic nitrogens is 1. The van der Waals surface area contributed by atoms with Crippen molar-refractivity contribution in [1.29, 1.82) is 0 Å². The molecule has 0 radical (unpaired) electrons. The third kappa shape index (κ3) is 2.62. The molecule has 1 N–H and O–H groups in total. The van der Waals surface area contributed by atoms with Gasteiger partial charge in [0.25, 0.3) is 5.69 Å². The van der Waals surface area contributed by atoms with E-state index in [0.29, 0.717) is 12.1 Å². The van der Waals surface area contributed by atoms with E-state index in [1.165, 1.54) is 12.1 Å². The van der Waals surface area contributed by atoms with Crippen LogP contribution >= 0.6 is 0 Å². The molecule has 0 fully saturated rings. The number of carboxylic acids is 1. The molecule has 1 heterocycles. The number of aromatic carboxylic acids is 1. The predicted octanol–water partition coefficient (Wildman–Crippen LogP) is 2.45. The van der Waals surface area contributed by atoms with Gasteiger partial charge in [-0.25, -0.2) is 4.79 Å². The van der Waals surface area contributed by atoms with Gasteiger partial charge in [0.05, 0.1) is 4.92 Å². The minimum atomic E-state index is -0.982. The second-order valence-corrected chi connectivity index (χ2v) is 4.20. The Bertz CT molecular complexity index is 629. The van der Waals surface area contributed by atoms with Gasteiger partial charge in [-0.3, -0.25) is 10.1 Å². The molecule has 6 nitrogen and oxygen atoms in total. The zero-order valence-electron chi connectivity index (χ0n) is 10.2. The Balaban J connectivity index is 2.26. The van der Waals surface area contributed by atoms with Crippen molar-refractivity contribution in [1.82, 2.24) is 4.57 Å². The summed E-state index contributed by atoms with van der Waals surface area (Å²) in [5.74, 6) is -0.982. The minimum absolute atomic E-state index is 0.0193. The van der Waals surface area contributed by atoms with Gasteiger partial charge in [-0.2, -0.15) is 0 Å². The van der Waals surface area contributed by atoms with Crippen LogP contribution in [0.25, 0.3) is 0 Å². The Labute approximate surface area is 109 Å². The molecule has 0 saturated heterocycles. The van der Waals surface area contributed by atoms with E-state index in [0.717, 1.165) is 5.56 Å². The number of nitrogens with zero attached hydrogens (tertiary/aromatic N) is 2. The highest BCUT2D eigenvalue weighted by Gasteiger charge is 2.13. The quantitative estimate of drug-likeness (QED) is 0.675. The van der Waals surface area contributed by atoms with Crippen molar-refractivity contribution >= 4 is 11.7 Å². The largest absolute Gasteiger partial charge is 0.477 e. The number of hydrogen-bond donors (Lipinski definition) is 1. The number of aryl methyl sites for hydroxylation is 1. The number of non-ortho nitro benzene ring substituents is 1. The number of carbonyl (C=O) groups is 1. The maximum Gasteiger partial charge on any atom is 0.352 e. The van der Waals surface area contributed by atoms with Gasteiger partial charge in [0.1, 0.15) is 5.69 Å². The molecule has 0 saturated carbocycles. The van der Waals surface area contributed by atoms with Gasteiger partial charge in [-0.05, 0) is 24.1 Å². The Morgan fingerprint density at radius 1 is 1.32 bits per heavy atom. The second kappa shape index (κ2) is 4.93. The average Bonchev–Trinajstić information content (AvgIpc) is 2.71. The van der Waals surface area contributed by atoms with Gasteiger partial charge in [0, 0.05) is 24.9 Å². The first-order valence-corrected chi connectivity index (χ1v) is 5.61. The molecule has 1 aromatic heterocycles. The fraction of sp³-hybridized carbons (Fsp3) is 0.154. The molecule has 2 rings (SSSR count). The SMILES string of the molecule is Cc1ccn(Cc2ccc([N+](=O)[O-])cc2)c1C(=O)O. The van der Waals surface area contributed by atoms with Crippen LogP contribution in [0.5, 0.6) is 0 Å². The van der Waals surface area contributed by atoms with E-state index in [1.54, 1.807) is 35.9 Å². The molecule has 0 aliphatic carbocycles. The van der Waals surface area contributed by atoms with E-state index in [9.17, 15) is 14.9 Å². The van der Waals surface area contributed by atoms with E-state index in [2.05, 4.69) is 0 Å². The number of carboxylic acid groups (broad SMARTS) is 1. The maximum absolute atomic E-state index is 11.1. The minimum Gasteiger partial charge on any atom is -0.477 e. The molecule has 98 valence electrons. The van der Waals surface area contributed by atoms with Crippen LogP contribution in [0.1, 0.15) is 21.6 Å². The summed E-state index contributed by atoms with van der Waals surface area (Å²) in [6.45, 7) is 2.10. The summed E-state index contributed by atoms with van der Waals surface area (Å²) in [6, 6.07) is 7.80. The molecule has 6 heteroatoms. The van der Waals surface area contributed by atoms with Crippen LogP contribution in [0.15, 0.2) is 36.5 Å². The van der Waals surface area contributed by atoms with Crippen LogP contribution in [-0.4, -0.2) is 20.6 Å². The molecule has 0 atom stereocenters. The summed E-state index contributed by atoms with van der Waals surface area (Å²) in [7, 11) is 0. The fourth-order valence-corrected chi connectivity index (χ4v) is 1.92. The molecule has 0 aliphatic heterocycles. The maximum atomic E-state index is 11.1. The third-order valence-corrected chi connectivity index (χ3v) is 2.87. The predicted molar refractivity (Wildman–Crippen MR) is 68.3 cm³/mol. The van der Waals surface area contributed by atoms with E-state index >= 15 is 0 Å². The van der Waals surface area contributed by atoms with Gasteiger partial charge in [-0.15, -0.1) is 0 Å². The highest BCUT2D eigenvalue weighted by molar-refractivity contribution is 5.87. The van der Waals surface area contributed by atoms with E-state index in [1.807, 2.05) is 0 Å². The van der Waals surface area contributed by atoms with Crippen molar-refractivity contribution in [2.75, 3.05) is 0 Å². The zero-order chi connectivity index (χ0) is 14.0. The molecular weight excluding hydrogens is 248 g/mol. The number of rotatable bonds is 4. The Morgan fingerprint density at radius 3 is 2.47 bits per heavy atom. The smallest absolute Gasteiger partial charge is 0.352 e. The van der Waals surface area contributed by atoms with E-state index < -0.39 is 10.9 Å². The van der Waals surface area contributed by atoms with Crippen LogP contribution in [-0.2, 0) is 6.54 Å². The molecule has 0 bridgehead atoms. The Kier molecular flexibility index (Phi) is 3.33. The lowest BCUT2D eigenvalue weighted by molar-refractivity contribution is -0.384. The molecule has 0 aliphatic rings. The number of nitro benzene ring substituents is 1. The van der Waals surface area contributed by atoms with Crippen molar-refractivity contribution in [3.8, 4) is 0 Å². The van der Waals surface area contributed by atoms with E-state index in [-0.39, 0.29) is 11.4 Å². The van der Waals surface area contributed by atoms with Crippen molar-refractivity contribution < 1.29 is 14.8 Å². The summed E-state index contributed by atoms with van der Waals surface area (Å²) in [5.41, 5.74) is 1.75. The van der Waals surface area contributed by atoms with Crippen LogP contribution < -0.4 is 0 Å². The van der Waals surface area contributed by atoms with Crippen molar-refractivity contribution in [2.24, 2.45) is 0 Å². The molecular formula is C13H12N2O4. The summed E-state index contributed by atoms with van der Waals surface area (Å²) in [4.78, 5) is 21.2. The van der Waals surface area contributed by atoms with Crippen molar-refractivity contribution in [3.63, 3.8) is 0 Å². The molecule has 0 spiro atoms. The van der Waals surface area contributed by atoms with Crippen molar-refractivity contribution in [3.05, 3.63) is 63.5 Å². The fourth-order valence-electron chi connectivity index (χ4n) is 1.92. The highest BCUT2D eigenvalue weighted by Crippen LogP contribution is 2.16. The molecule has 1 aromatic carbocycles. The van der Waals surface area contributed by atoms with Crippen LogP contribution in [0.2, 0.25) is 0 Å². The summed E-state index contributed by atoms with van der Waals surface area (Å²) in [6.07, 6.45) is 1.69. The topological polar surface area (TPSA) is 85.4 Å². The summed E-state index contributed by atoms with van der Waals surface area (Å²) >= 11 is 0. The van der Waals surface area contributed by atoms with Crippen molar-refractivity contribution in [2.45, 2.75) is 13.5 Å². The highest BCUT2D eigenvalue weighted by atomic mass is 16.6. The van der Waals surface area contributed by atoms with Gasteiger partial charge in [-0.1, -0.05) is 12.1 Å². The lowest BCUT2D eigenvalue weighted by Crippen LogP contribution is -2.10. The molecule has 0 amide bonds. The first-order chi connectivity index (χ1) is 8.99. The first kappa shape index (κ1) is 12.8. The average molecular weight is 260 g/mol. The van der Waals surface area contributed by atoms with E-state index in [4.69, 9.17) is 5.11 Å². The molecule has 19 heavy (non-hydrogen) atoms. The molecule has 0 unspecified atom stereocenters. The van der Waals surface area contributed by atoms with Gasteiger partial charge >= 0.3 is 5.97 Å². The van der Waals surface area contributed by atoms with Crippen LogP contribution in [0.3, 0.4) is 0 Å². The Morgan fingerprint density at radius 2 is 1.95 bits per heavy atom. The summed E-state index contributed by atoms with van der Waals surface area (Å²) < 4.78 is 1.61. The Hall–Kier alpha value is -2.63. The monoisotopic (exact) mass is 260 g/mol.